The van der Waals surface area contributed by atoms with Gasteiger partial charge in [-0.3, -0.25) is 0 Å². The summed E-state index contributed by atoms with van der Waals surface area (Å²) in [5.41, 5.74) is -0.799. The van der Waals surface area contributed by atoms with Crippen LogP contribution in [0.5, 0.6) is 0 Å². The highest BCUT2D eigenvalue weighted by Crippen LogP contribution is 2.35. The molecule has 0 saturated carbocycles. The predicted octanol–water partition coefficient (Wildman–Crippen LogP) is 4.85. The van der Waals surface area contributed by atoms with Crippen LogP contribution in [0.25, 0.3) is 10.4 Å². The second kappa shape index (κ2) is 9.54. The number of hydrogen-bond donors (Lipinski definition) is 2. The maximum Gasteiger partial charge on any atom is 0.407 e. The maximum atomic E-state index is 12.6. The number of thiophene rings is 1. The minimum absolute atomic E-state index is 0.343. The van der Waals surface area contributed by atoms with Gasteiger partial charge < -0.3 is 19.9 Å². The van der Waals surface area contributed by atoms with Crippen LogP contribution in [0.1, 0.15) is 36.8 Å². The molecule has 0 bridgehead atoms. The number of methoxy groups -OCH3 is 1. The molecule has 1 heterocycles. The Morgan fingerprint density at radius 2 is 1.66 bits per heavy atom. The van der Waals surface area contributed by atoms with Crippen molar-refractivity contribution < 1.29 is 24.2 Å². The molecule has 0 unspecified atom stereocenters. The van der Waals surface area contributed by atoms with Crippen LogP contribution in [0.3, 0.4) is 0 Å². The Morgan fingerprint density at radius 3 is 2.31 bits per heavy atom. The smallest absolute Gasteiger partial charge is 0.407 e. The van der Waals surface area contributed by atoms with Gasteiger partial charge in [0, 0.05) is 15.3 Å². The lowest BCUT2D eigenvalue weighted by Gasteiger charge is -2.26. The summed E-state index contributed by atoms with van der Waals surface area (Å²) in [5, 5.41) is 14.2. The number of ether oxygens (including phenoxy) is 2. The largest absolute Gasteiger partial charge is 0.466 e. The van der Waals surface area contributed by atoms with Gasteiger partial charge in [0.25, 0.3) is 0 Å². The molecule has 1 amide bonds. The second-order valence-electron chi connectivity index (χ2n) is 8.27. The molecule has 0 spiro atoms. The lowest BCUT2D eigenvalue weighted by atomic mass is 9.85. The fourth-order valence-electron chi connectivity index (χ4n) is 3.23. The van der Waals surface area contributed by atoms with E-state index in [0.717, 1.165) is 15.3 Å². The standard InChI is InChI=1S/C25H27NO5S/c1-24(2,3)31-23(28)26-16-20-13-14-21(32-20)17-9-8-12-19(15-17)25(29,22(27)30-4)18-10-6-5-7-11-18/h5-15,29H,16H2,1-4H3,(H,26,28)/t25-/m0/s1. The molecule has 7 heteroatoms. The molecular formula is C25H27NO5S. The molecule has 0 saturated heterocycles. The Balaban J connectivity index is 1.85. The fraction of sp³-hybridized carbons (Fsp3) is 0.280. The summed E-state index contributed by atoms with van der Waals surface area (Å²) >= 11 is 1.51. The van der Waals surface area contributed by atoms with Gasteiger partial charge >= 0.3 is 12.1 Å². The monoisotopic (exact) mass is 453 g/mol. The average Bonchev–Trinajstić information content (AvgIpc) is 3.25. The van der Waals surface area contributed by atoms with Crippen LogP contribution in [-0.4, -0.2) is 29.9 Å². The number of carbonyl (C=O) groups is 2. The summed E-state index contributed by atoms with van der Waals surface area (Å²) < 4.78 is 10.2. The first-order valence-electron chi connectivity index (χ1n) is 10.2. The molecule has 0 aliphatic heterocycles. The summed E-state index contributed by atoms with van der Waals surface area (Å²) in [6.45, 7) is 5.78. The first-order chi connectivity index (χ1) is 15.1. The van der Waals surface area contributed by atoms with Gasteiger partial charge in [-0.2, -0.15) is 0 Å². The zero-order chi connectivity index (χ0) is 23.4. The van der Waals surface area contributed by atoms with Crippen LogP contribution in [0.2, 0.25) is 0 Å². The third kappa shape index (κ3) is 5.36. The summed E-state index contributed by atoms with van der Waals surface area (Å²) in [6.07, 6.45) is -0.472. The Hall–Kier alpha value is -3.16. The van der Waals surface area contributed by atoms with Gasteiger partial charge in [0.1, 0.15) is 5.60 Å². The second-order valence-corrected chi connectivity index (χ2v) is 9.44. The number of rotatable bonds is 6. The Morgan fingerprint density at radius 1 is 0.969 bits per heavy atom. The van der Waals surface area contributed by atoms with Crippen molar-refractivity contribution >= 4 is 23.4 Å². The minimum atomic E-state index is -1.93. The summed E-state index contributed by atoms with van der Waals surface area (Å²) in [7, 11) is 1.25. The number of esters is 1. The van der Waals surface area contributed by atoms with Gasteiger partial charge in [0.05, 0.1) is 13.7 Å². The first kappa shape index (κ1) is 23.5. The van der Waals surface area contributed by atoms with Crippen LogP contribution in [-0.2, 0) is 26.4 Å². The maximum absolute atomic E-state index is 12.6. The molecule has 0 aliphatic carbocycles. The van der Waals surface area contributed by atoms with E-state index in [1.54, 1.807) is 42.5 Å². The van der Waals surface area contributed by atoms with Crippen molar-refractivity contribution in [1.82, 2.24) is 5.32 Å². The highest BCUT2D eigenvalue weighted by atomic mass is 32.1. The van der Waals surface area contributed by atoms with Crippen LogP contribution in [0.15, 0.2) is 66.7 Å². The number of alkyl carbamates (subject to hydrolysis) is 1. The Labute approximate surface area is 191 Å². The van der Waals surface area contributed by atoms with Crippen molar-refractivity contribution in [3.63, 3.8) is 0 Å². The molecule has 168 valence electrons. The van der Waals surface area contributed by atoms with E-state index in [9.17, 15) is 14.7 Å². The van der Waals surface area contributed by atoms with E-state index in [-0.39, 0.29) is 0 Å². The third-order valence-electron chi connectivity index (χ3n) is 4.70. The molecule has 1 atom stereocenters. The number of nitrogens with one attached hydrogen (secondary N) is 1. The number of aliphatic hydroxyl groups is 1. The van der Waals surface area contributed by atoms with Gasteiger partial charge in [-0.15, -0.1) is 11.3 Å². The normalized spacial score (nSPS) is 13.2. The number of benzene rings is 2. The van der Waals surface area contributed by atoms with Crippen LogP contribution >= 0.6 is 11.3 Å². The van der Waals surface area contributed by atoms with Gasteiger partial charge in [-0.05, 0) is 50.1 Å². The zero-order valence-electron chi connectivity index (χ0n) is 18.5. The quantitative estimate of drug-likeness (QED) is 0.521. The molecule has 6 nitrogen and oxygen atoms in total. The molecule has 2 N–H and O–H groups in total. The van der Waals surface area contributed by atoms with Crippen LogP contribution < -0.4 is 5.32 Å². The van der Waals surface area contributed by atoms with Crippen LogP contribution in [0.4, 0.5) is 4.79 Å². The molecule has 32 heavy (non-hydrogen) atoms. The first-order valence-corrected chi connectivity index (χ1v) is 11.0. The van der Waals surface area contributed by atoms with E-state index >= 15 is 0 Å². The van der Waals surface area contributed by atoms with Crippen molar-refractivity contribution in [3.05, 3.63) is 82.7 Å². The molecule has 1 aromatic heterocycles. The molecule has 0 fully saturated rings. The highest BCUT2D eigenvalue weighted by molar-refractivity contribution is 7.15. The van der Waals surface area contributed by atoms with Gasteiger partial charge in [0.2, 0.25) is 5.60 Å². The predicted molar refractivity (Wildman–Crippen MR) is 124 cm³/mol. The summed E-state index contributed by atoms with van der Waals surface area (Å²) in [6, 6.07) is 19.8. The van der Waals surface area contributed by atoms with E-state index in [4.69, 9.17) is 9.47 Å². The third-order valence-corrected chi connectivity index (χ3v) is 5.84. The molecular weight excluding hydrogens is 426 g/mol. The molecule has 0 aliphatic rings. The van der Waals surface area contributed by atoms with Gasteiger partial charge in [-0.1, -0.05) is 48.5 Å². The molecule has 2 aromatic carbocycles. The Bertz CT molecular complexity index is 1090. The number of hydrogen-bond acceptors (Lipinski definition) is 6. The highest BCUT2D eigenvalue weighted by Gasteiger charge is 2.41. The van der Waals surface area contributed by atoms with Gasteiger partial charge in [0.15, 0.2) is 0 Å². The van der Waals surface area contributed by atoms with Crippen molar-refractivity contribution in [1.29, 1.82) is 0 Å². The molecule has 3 aromatic rings. The number of carbonyl (C=O) groups excluding carboxylic acids is 2. The van der Waals surface area contributed by atoms with Crippen LogP contribution in [0, 0.1) is 0 Å². The molecule has 0 radical (unpaired) electrons. The van der Waals surface area contributed by atoms with E-state index in [1.165, 1.54) is 18.4 Å². The molecule has 3 rings (SSSR count). The summed E-state index contributed by atoms with van der Waals surface area (Å²) in [5.74, 6) is -0.755. The SMILES string of the molecule is COC(=O)[C@](O)(c1ccccc1)c1cccc(-c2ccc(CNC(=O)OC(C)(C)C)s2)c1. The lowest BCUT2D eigenvalue weighted by Crippen LogP contribution is -2.38. The average molecular weight is 454 g/mol. The van der Waals surface area contributed by atoms with Crippen molar-refractivity contribution in [3.8, 4) is 10.4 Å². The fourth-order valence-corrected chi connectivity index (χ4v) is 4.17. The van der Waals surface area contributed by atoms with E-state index < -0.39 is 23.3 Å². The number of amides is 1. The minimum Gasteiger partial charge on any atom is -0.466 e. The van der Waals surface area contributed by atoms with Crippen molar-refractivity contribution in [2.24, 2.45) is 0 Å². The topological polar surface area (TPSA) is 84.9 Å². The lowest BCUT2D eigenvalue weighted by molar-refractivity contribution is -0.158. The Kier molecular flexibility index (Phi) is 7.01. The van der Waals surface area contributed by atoms with E-state index in [2.05, 4.69) is 5.32 Å². The van der Waals surface area contributed by atoms with E-state index in [0.29, 0.717) is 17.7 Å². The summed E-state index contributed by atoms with van der Waals surface area (Å²) in [4.78, 5) is 26.4. The van der Waals surface area contributed by atoms with E-state index in [1.807, 2.05) is 45.0 Å². The zero-order valence-corrected chi connectivity index (χ0v) is 19.4. The van der Waals surface area contributed by atoms with Gasteiger partial charge in [-0.25, -0.2) is 9.59 Å². The van der Waals surface area contributed by atoms with Crippen molar-refractivity contribution in [2.75, 3.05) is 7.11 Å². The van der Waals surface area contributed by atoms with Crippen molar-refractivity contribution in [2.45, 2.75) is 38.5 Å².